The lowest BCUT2D eigenvalue weighted by molar-refractivity contribution is 0.0527. The molecule has 3 N–H and O–H groups in total. The van der Waals surface area contributed by atoms with Crippen molar-refractivity contribution in [3.63, 3.8) is 0 Å². The quantitative estimate of drug-likeness (QED) is 0.684. The summed E-state index contributed by atoms with van der Waals surface area (Å²) in [5, 5.41) is 0. The fourth-order valence-corrected chi connectivity index (χ4v) is 2.69. The number of carbonyl (C=O) groups excluding carboxylic acids is 1. The molecule has 0 amide bonds. The van der Waals surface area contributed by atoms with Crippen molar-refractivity contribution in [3.05, 3.63) is 17.5 Å². The van der Waals surface area contributed by atoms with E-state index in [1.165, 1.54) is 6.20 Å². The van der Waals surface area contributed by atoms with Gasteiger partial charge in [-0.1, -0.05) is 0 Å². The monoisotopic (exact) mass is 289 g/mol. The first-order chi connectivity index (χ1) is 8.76. The Balaban J connectivity index is 3.00. The molecule has 0 bridgehead atoms. The Labute approximate surface area is 112 Å². The molecule has 0 saturated heterocycles. The van der Waals surface area contributed by atoms with Crippen molar-refractivity contribution >= 4 is 21.9 Å². The fourth-order valence-electron chi connectivity index (χ4n) is 1.56. The highest BCUT2D eigenvalue weighted by Crippen LogP contribution is 2.21. The van der Waals surface area contributed by atoms with Crippen LogP contribution in [0.3, 0.4) is 0 Å². The molecule has 108 valence electrons. The maximum atomic E-state index is 11.8. The Morgan fingerprint density at radius 2 is 2.11 bits per heavy atom. The van der Waals surface area contributed by atoms with Gasteiger partial charge in [-0.15, -0.1) is 0 Å². The van der Waals surface area contributed by atoms with E-state index < -0.39 is 16.2 Å². The predicted octanol–water partition coefficient (Wildman–Crippen LogP) is 1.15. The first kappa shape index (κ1) is 15.5. The van der Waals surface area contributed by atoms with E-state index in [2.05, 4.69) is 14.4 Å². The zero-order valence-electron chi connectivity index (χ0n) is 11.4. The standard InChI is InChI=1S/C11H19N3O4S/c1-5-18-11(15)10-8(4)12-6-9(10)14-19(16,17)13-7(2)3/h6-7,12-14H,5H2,1-4H3. The number of rotatable bonds is 6. The number of aryl methyl sites for hydroxylation is 1. The highest BCUT2D eigenvalue weighted by molar-refractivity contribution is 7.90. The van der Waals surface area contributed by atoms with Gasteiger partial charge in [-0.25, -0.2) is 4.79 Å². The van der Waals surface area contributed by atoms with Gasteiger partial charge in [0.25, 0.3) is 10.2 Å². The second-order valence-corrected chi connectivity index (χ2v) is 5.75. The molecule has 1 aromatic rings. The average Bonchev–Trinajstić information content (AvgIpc) is 2.57. The maximum absolute atomic E-state index is 11.8. The molecule has 0 aliphatic rings. The Kier molecular flexibility index (Phi) is 4.96. The number of carbonyl (C=O) groups is 1. The smallest absolute Gasteiger partial charge is 0.342 e. The van der Waals surface area contributed by atoms with Crippen LogP contribution in [0.5, 0.6) is 0 Å². The molecule has 7 nitrogen and oxygen atoms in total. The second kappa shape index (κ2) is 6.07. The van der Waals surface area contributed by atoms with Crippen molar-refractivity contribution in [3.8, 4) is 0 Å². The number of nitrogens with one attached hydrogen (secondary N) is 3. The largest absolute Gasteiger partial charge is 0.462 e. The Bertz CT molecular complexity index is 548. The number of aromatic nitrogens is 1. The summed E-state index contributed by atoms with van der Waals surface area (Å²) in [6.07, 6.45) is 1.42. The van der Waals surface area contributed by atoms with E-state index >= 15 is 0 Å². The molecular weight excluding hydrogens is 270 g/mol. The number of esters is 1. The van der Waals surface area contributed by atoms with Gasteiger partial charge in [0.15, 0.2) is 0 Å². The molecule has 0 atom stereocenters. The summed E-state index contributed by atoms with van der Waals surface area (Å²) in [7, 11) is -3.72. The lowest BCUT2D eigenvalue weighted by atomic mass is 10.2. The molecule has 0 unspecified atom stereocenters. The minimum Gasteiger partial charge on any atom is -0.462 e. The summed E-state index contributed by atoms with van der Waals surface area (Å²) in [5.74, 6) is -0.566. The first-order valence-electron chi connectivity index (χ1n) is 5.92. The van der Waals surface area contributed by atoms with Gasteiger partial charge < -0.3 is 9.72 Å². The normalized spacial score (nSPS) is 11.6. The molecule has 0 aliphatic carbocycles. The van der Waals surface area contributed by atoms with Crippen LogP contribution in [0.4, 0.5) is 5.69 Å². The number of hydrogen-bond donors (Lipinski definition) is 3. The molecule has 1 heterocycles. The van der Waals surface area contributed by atoms with Crippen LogP contribution in [0.1, 0.15) is 36.8 Å². The molecule has 1 aromatic heterocycles. The average molecular weight is 289 g/mol. The van der Waals surface area contributed by atoms with Crippen molar-refractivity contribution in [2.24, 2.45) is 0 Å². The van der Waals surface area contributed by atoms with Crippen LogP contribution in [0.25, 0.3) is 0 Å². The van der Waals surface area contributed by atoms with Crippen molar-refractivity contribution in [2.75, 3.05) is 11.3 Å². The summed E-state index contributed by atoms with van der Waals surface area (Å²) in [6, 6.07) is -0.247. The minimum absolute atomic E-state index is 0.170. The number of aromatic amines is 1. The van der Waals surface area contributed by atoms with Gasteiger partial charge in [0.1, 0.15) is 5.56 Å². The van der Waals surface area contributed by atoms with Gasteiger partial charge in [-0.2, -0.15) is 13.1 Å². The molecule has 0 aliphatic heterocycles. The Morgan fingerprint density at radius 1 is 1.47 bits per heavy atom. The van der Waals surface area contributed by atoms with Gasteiger partial charge >= 0.3 is 5.97 Å². The van der Waals surface area contributed by atoms with Crippen molar-refractivity contribution in [1.82, 2.24) is 9.71 Å². The van der Waals surface area contributed by atoms with Crippen LogP contribution in [0, 0.1) is 6.92 Å². The highest BCUT2D eigenvalue weighted by Gasteiger charge is 2.21. The summed E-state index contributed by atoms with van der Waals surface area (Å²) >= 11 is 0. The van der Waals surface area contributed by atoms with Crippen molar-refractivity contribution < 1.29 is 17.9 Å². The fraction of sp³-hybridized carbons (Fsp3) is 0.545. The number of anilines is 1. The first-order valence-corrected chi connectivity index (χ1v) is 7.40. The zero-order valence-corrected chi connectivity index (χ0v) is 12.2. The molecule has 0 aromatic carbocycles. The minimum atomic E-state index is -3.72. The molecule has 19 heavy (non-hydrogen) atoms. The van der Waals surface area contributed by atoms with Gasteiger partial charge in [0, 0.05) is 17.9 Å². The van der Waals surface area contributed by atoms with E-state index in [1.54, 1.807) is 27.7 Å². The van der Waals surface area contributed by atoms with E-state index in [0.717, 1.165) is 0 Å². The topological polar surface area (TPSA) is 100 Å². The Hall–Kier alpha value is -1.54. The van der Waals surface area contributed by atoms with Crippen LogP contribution in [0.2, 0.25) is 0 Å². The molecule has 0 fully saturated rings. The third-order valence-electron chi connectivity index (χ3n) is 2.19. The molecular formula is C11H19N3O4S. The van der Waals surface area contributed by atoms with Crippen molar-refractivity contribution in [1.29, 1.82) is 0 Å². The summed E-state index contributed by atoms with van der Waals surface area (Å²) in [5.41, 5.74) is 0.903. The summed E-state index contributed by atoms with van der Waals surface area (Å²) in [4.78, 5) is 14.6. The van der Waals surface area contributed by atoms with E-state index in [9.17, 15) is 13.2 Å². The number of hydrogen-bond acceptors (Lipinski definition) is 4. The molecule has 0 radical (unpaired) electrons. The van der Waals surface area contributed by atoms with Gasteiger partial charge in [-0.05, 0) is 27.7 Å². The van der Waals surface area contributed by atoms with Gasteiger partial charge in [0.05, 0.1) is 12.3 Å². The second-order valence-electron chi connectivity index (χ2n) is 4.30. The van der Waals surface area contributed by atoms with E-state index in [0.29, 0.717) is 5.69 Å². The van der Waals surface area contributed by atoms with E-state index in [1.807, 2.05) is 0 Å². The van der Waals surface area contributed by atoms with Crippen LogP contribution < -0.4 is 9.44 Å². The lowest BCUT2D eigenvalue weighted by Crippen LogP contribution is -2.35. The van der Waals surface area contributed by atoms with Crippen molar-refractivity contribution in [2.45, 2.75) is 33.7 Å². The number of ether oxygens (including phenoxy) is 1. The van der Waals surface area contributed by atoms with Gasteiger partial charge in [0.2, 0.25) is 0 Å². The molecule has 8 heteroatoms. The van der Waals surface area contributed by atoms with Crippen LogP contribution in [0.15, 0.2) is 6.20 Å². The molecule has 0 saturated carbocycles. The summed E-state index contributed by atoms with van der Waals surface area (Å²) in [6.45, 7) is 6.98. The molecule has 0 spiro atoms. The Morgan fingerprint density at radius 3 is 2.63 bits per heavy atom. The predicted molar refractivity (Wildman–Crippen MR) is 72.3 cm³/mol. The van der Waals surface area contributed by atoms with E-state index in [-0.39, 0.29) is 23.9 Å². The third kappa shape index (κ3) is 4.25. The van der Waals surface area contributed by atoms with E-state index in [4.69, 9.17) is 4.74 Å². The highest BCUT2D eigenvalue weighted by atomic mass is 32.2. The van der Waals surface area contributed by atoms with Gasteiger partial charge in [-0.3, -0.25) is 4.72 Å². The summed E-state index contributed by atoms with van der Waals surface area (Å²) < 4.78 is 33.1. The van der Waals surface area contributed by atoms with Crippen LogP contribution >= 0.6 is 0 Å². The SMILES string of the molecule is CCOC(=O)c1c(NS(=O)(=O)NC(C)C)c[nH]c1C. The zero-order chi connectivity index (χ0) is 14.6. The van der Waals surface area contributed by atoms with Crippen LogP contribution in [-0.2, 0) is 14.9 Å². The third-order valence-corrected chi connectivity index (χ3v) is 3.46. The number of H-pyrrole nitrogens is 1. The lowest BCUT2D eigenvalue weighted by Gasteiger charge is -2.12. The maximum Gasteiger partial charge on any atom is 0.342 e. The molecule has 1 rings (SSSR count). The van der Waals surface area contributed by atoms with Crippen LogP contribution in [-0.4, -0.2) is 32.0 Å².